The fourth-order valence-corrected chi connectivity index (χ4v) is 2.70. The third kappa shape index (κ3) is 4.75. The maximum absolute atomic E-state index is 12.7. The third-order valence-corrected chi connectivity index (χ3v) is 4.01. The van der Waals surface area contributed by atoms with Crippen LogP contribution in [0, 0.1) is 0 Å². The third-order valence-electron chi connectivity index (χ3n) is 4.01. The Kier molecular flexibility index (Phi) is 6.22. The van der Waals surface area contributed by atoms with E-state index in [9.17, 15) is 14.7 Å². The number of carboxylic acid groups (broad SMARTS) is 1. The number of benzene rings is 2. The summed E-state index contributed by atoms with van der Waals surface area (Å²) in [6.07, 6.45) is -0.267. The van der Waals surface area contributed by atoms with Gasteiger partial charge >= 0.3 is 5.97 Å². The number of carboxylic acids is 1. The van der Waals surface area contributed by atoms with Crippen LogP contribution in [0.4, 0.5) is 0 Å². The molecular formula is C20H23NO5. The maximum atomic E-state index is 12.7. The van der Waals surface area contributed by atoms with E-state index in [1.54, 1.807) is 55.5 Å². The second kappa shape index (κ2) is 8.38. The van der Waals surface area contributed by atoms with E-state index in [1.165, 1.54) is 7.11 Å². The molecule has 0 saturated carbocycles. The molecular weight excluding hydrogens is 334 g/mol. The Hall–Kier alpha value is -3.02. The summed E-state index contributed by atoms with van der Waals surface area (Å²) in [5.41, 5.74) is -0.0527. The molecule has 0 heterocycles. The van der Waals surface area contributed by atoms with Crippen LogP contribution < -0.4 is 14.8 Å². The molecule has 0 saturated heterocycles. The van der Waals surface area contributed by atoms with Crippen LogP contribution in [0.3, 0.4) is 0 Å². The van der Waals surface area contributed by atoms with E-state index in [0.717, 1.165) is 0 Å². The predicted octanol–water partition coefficient (Wildman–Crippen LogP) is 3.21. The molecule has 0 aliphatic rings. The molecule has 6 heteroatoms. The van der Waals surface area contributed by atoms with Crippen LogP contribution in [0.15, 0.2) is 48.5 Å². The van der Waals surface area contributed by atoms with Gasteiger partial charge in [-0.05, 0) is 49.7 Å². The number of nitrogens with one attached hydrogen (secondary N) is 1. The van der Waals surface area contributed by atoms with Crippen molar-refractivity contribution in [1.29, 1.82) is 0 Å². The highest BCUT2D eigenvalue weighted by atomic mass is 16.5. The van der Waals surface area contributed by atoms with Crippen LogP contribution in [0.2, 0.25) is 0 Å². The number of amides is 1. The first-order valence-corrected chi connectivity index (χ1v) is 8.29. The highest BCUT2D eigenvalue weighted by molar-refractivity contribution is 5.95. The van der Waals surface area contributed by atoms with Gasteiger partial charge in [-0.2, -0.15) is 0 Å². The Morgan fingerprint density at radius 2 is 1.81 bits per heavy atom. The molecule has 138 valence electrons. The highest BCUT2D eigenvalue weighted by Gasteiger charge is 2.32. The molecule has 2 aromatic rings. The smallest absolute Gasteiger partial charge is 0.306 e. The molecule has 0 bridgehead atoms. The quantitative estimate of drug-likeness (QED) is 0.758. The van der Waals surface area contributed by atoms with Crippen LogP contribution in [-0.2, 0) is 10.3 Å². The number of methoxy groups -OCH3 is 1. The predicted molar refractivity (Wildman–Crippen MR) is 97.7 cm³/mol. The van der Waals surface area contributed by atoms with E-state index in [2.05, 4.69) is 5.32 Å². The summed E-state index contributed by atoms with van der Waals surface area (Å²) in [5.74, 6) is -0.218. The standard InChI is InChI=1S/C20H23NO5/c1-4-26-17-10-5-7-14(11-17)19(24)21-20(2,13-18(22)23)15-8-6-9-16(12-15)25-3/h5-12H,4,13H2,1-3H3,(H,21,24)(H,22,23). The first-order valence-electron chi connectivity index (χ1n) is 8.29. The molecule has 1 amide bonds. The summed E-state index contributed by atoms with van der Waals surface area (Å²) in [5, 5.41) is 12.2. The van der Waals surface area contributed by atoms with Gasteiger partial charge in [-0.15, -0.1) is 0 Å². The number of carbonyl (C=O) groups is 2. The normalized spacial score (nSPS) is 12.7. The van der Waals surface area contributed by atoms with Crippen molar-refractivity contribution in [2.24, 2.45) is 0 Å². The van der Waals surface area contributed by atoms with E-state index in [-0.39, 0.29) is 12.3 Å². The summed E-state index contributed by atoms with van der Waals surface area (Å²) in [7, 11) is 1.53. The molecule has 0 aliphatic carbocycles. The van der Waals surface area contributed by atoms with Gasteiger partial charge in [-0.1, -0.05) is 18.2 Å². The van der Waals surface area contributed by atoms with Crippen molar-refractivity contribution in [3.05, 3.63) is 59.7 Å². The first kappa shape index (κ1) is 19.3. The SMILES string of the molecule is CCOc1cccc(C(=O)NC(C)(CC(=O)O)c2cccc(OC)c2)c1. The number of rotatable bonds is 8. The molecule has 0 fully saturated rings. The number of carbonyl (C=O) groups excluding carboxylic acids is 1. The lowest BCUT2D eigenvalue weighted by molar-refractivity contribution is -0.138. The highest BCUT2D eigenvalue weighted by Crippen LogP contribution is 2.28. The molecule has 6 nitrogen and oxygen atoms in total. The molecule has 26 heavy (non-hydrogen) atoms. The second-order valence-electron chi connectivity index (χ2n) is 6.05. The van der Waals surface area contributed by atoms with Gasteiger partial charge in [-0.3, -0.25) is 9.59 Å². The molecule has 0 radical (unpaired) electrons. The molecule has 1 unspecified atom stereocenters. The number of hydrogen-bond acceptors (Lipinski definition) is 4. The molecule has 0 aliphatic heterocycles. The molecule has 2 rings (SSSR count). The van der Waals surface area contributed by atoms with Gasteiger partial charge in [0.15, 0.2) is 0 Å². The van der Waals surface area contributed by atoms with Crippen molar-refractivity contribution >= 4 is 11.9 Å². The van der Waals surface area contributed by atoms with Crippen molar-refractivity contribution in [2.75, 3.05) is 13.7 Å². The van der Waals surface area contributed by atoms with Gasteiger partial charge in [0.25, 0.3) is 5.91 Å². The first-order chi connectivity index (χ1) is 12.4. The second-order valence-corrected chi connectivity index (χ2v) is 6.05. The van der Waals surface area contributed by atoms with Crippen LogP contribution in [0.25, 0.3) is 0 Å². The van der Waals surface area contributed by atoms with Gasteiger partial charge in [-0.25, -0.2) is 0 Å². The van der Waals surface area contributed by atoms with Crippen molar-refractivity contribution < 1.29 is 24.2 Å². The number of hydrogen-bond donors (Lipinski definition) is 2. The van der Waals surface area contributed by atoms with Gasteiger partial charge in [0.2, 0.25) is 0 Å². The zero-order valence-electron chi connectivity index (χ0n) is 15.1. The van der Waals surface area contributed by atoms with Crippen molar-refractivity contribution in [1.82, 2.24) is 5.32 Å². The fourth-order valence-electron chi connectivity index (χ4n) is 2.70. The minimum Gasteiger partial charge on any atom is -0.497 e. The number of aliphatic carboxylic acids is 1. The average molecular weight is 357 g/mol. The Balaban J connectivity index is 2.33. The van der Waals surface area contributed by atoms with Crippen LogP contribution in [0.5, 0.6) is 11.5 Å². The zero-order valence-corrected chi connectivity index (χ0v) is 15.1. The summed E-state index contributed by atoms with van der Waals surface area (Å²) < 4.78 is 10.6. The summed E-state index contributed by atoms with van der Waals surface area (Å²) >= 11 is 0. The van der Waals surface area contributed by atoms with Crippen LogP contribution >= 0.6 is 0 Å². The van der Waals surface area contributed by atoms with E-state index in [1.807, 2.05) is 6.92 Å². The van der Waals surface area contributed by atoms with Crippen molar-refractivity contribution in [3.8, 4) is 11.5 Å². The lowest BCUT2D eigenvalue weighted by atomic mass is 9.88. The minimum absolute atomic E-state index is 0.267. The molecule has 1 atom stereocenters. The Morgan fingerprint density at radius 3 is 2.46 bits per heavy atom. The molecule has 0 aromatic heterocycles. The fraction of sp³-hybridized carbons (Fsp3) is 0.300. The van der Waals surface area contributed by atoms with Crippen LogP contribution in [-0.4, -0.2) is 30.7 Å². The Bertz CT molecular complexity index is 789. The summed E-state index contributed by atoms with van der Waals surface area (Å²) in [6, 6.07) is 13.8. The molecule has 2 N–H and O–H groups in total. The lowest BCUT2D eigenvalue weighted by Crippen LogP contribution is -2.45. The summed E-state index contributed by atoms with van der Waals surface area (Å²) in [6.45, 7) is 4.03. The minimum atomic E-state index is -1.10. The average Bonchev–Trinajstić information content (AvgIpc) is 2.61. The Labute approximate surface area is 152 Å². The molecule has 2 aromatic carbocycles. The maximum Gasteiger partial charge on any atom is 0.306 e. The van der Waals surface area contributed by atoms with Gasteiger partial charge < -0.3 is 19.9 Å². The van der Waals surface area contributed by atoms with E-state index < -0.39 is 11.5 Å². The monoisotopic (exact) mass is 357 g/mol. The van der Waals surface area contributed by atoms with E-state index in [0.29, 0.717) is 29.2 Å². The largest absolute Gasteiger partial charge is 0.497 e. The zero-order chi connectivity index (χ0) is 19.2. The van der Waals surface area contributed by atoms with Gasteiger partial charge in [0.1, 0.15) is 11.5 Å². The van der Waals surface area contributed by atoms with E-state index in [4.69, 9.17) is 9.47 Å². The van der Waals surface area contributed by atoms with Gasteiger partial charge in [0.05, 0.1) is 25.7 Å². The molecule has 0 spiro atoms. The van der Waals surface area contributed by atoms with Crippen molar-refractivity contribution in [2.45, 2.75) is 25.8 Å². The van der Waals surface area contributed by atoms with Crippen LogP contribution in [0.1, 0.15) is 36.2 Å². The van der Waals surface area contributed by atoms with E-state index >= 15 is 0 Å². The van der Waals surface area contributed by atoms with Gasteiger partial charge in [0, 0.05) is 5.56 Å². The number of ether oxygens (including phenoxy) is 2. The van der Waals surface area contributed by atoms with Crippen molar-refractivity contribution in [3.63, 3.8) is 0 Å². The topological polar surface area (TPSA) is 84.9 Å². The summed E-state index contributed by atoms with van der Waals surface area (Å²) in [4.78, 5) is 24.1. The Morgan fingerprint density at radius 1 is 1.12 bits per heavy atom. The lowest BCUT2D eigenvalue weighted by Gasteiger charge is -2.30.